The molecule has 2 fully saturated rings. The predicted octanol–water partition coefficient (Wildman–Crippen LogP) is 4.05. The Bertz CT molecular complexity index is 784. The molecule has 0 radical (unpaired) electrons. The molecular weight excluding hydrogens is 388 g/mol. The fraction of sp³-hybridized carbons (Fsp3) is 0.577. The molecule has 2 aliphatic rings. The van der Waals surface area contributed by atoms with Gasteiger partial charge in [-0.15, -0.1) is 0 Å². The molecule has 1 aromatic carbocycles. The van der Waals surface area contributed by atoms with Crippen molar-refractivity contribution < 1.29 is 14.4 Å². The summed E-state index contributed by atoms with van der Waals surface area (Å²) < 4.78 is 0. The number of rotatable bonds is 8. The van der Waals surface area contributed by atoms with Gasteiger partial charge in [0.05, 0.1) is 5.57 Å². The van der Waals surface area contributed by atoms with Gasteiger partial charge in [0.15, 0.2) is 11.6 Å². The van der Waals surface area contributed by atoms with Crippen LogP contribution in [0.3, 0.4) is 0 Å². The molecule has 31 heavy (non-hydrogen) atoms. The van der Waals surface area contributed by atoms with Crippen molar-refractivity contribution in [1.82, 2.24) is 9.80 Å². The van der Waals surface area contributed by atoms with Gasteiger partial charge in [0, 0.05) is 45.4 Å². The highest BCUT2D eigenvalue weighted by Crippen LogP contribution is 2.31. The van der Waals surface area contributed by atoms with Crippen LogP contribution in [-0.2, 0) is 14.4 Å². The highest BCUT2D eigenvalue weighted by Gasteiger charge is 2.31. The summed E-state index contributed by atoms with van der Waals surface area (Å²) in [5, 5.41) is 0. The first-order chi connectivity index (χ1) is 15.0. The highest BCUT2D eigenvalue weighted by atomic mass is 16.2. The minimum absolute atomic E-state index is 0.00841. The molecule has 0 unspecified atom stereocenters. The van der Waals surface area contributed by atoms with Crippen LogP contribution in [0.15, 0.2) is 35.9 Å². The summed E-state index contributed by atoms with van der Waals surface area (Å²) in [7, 11) is 0. The first-order valence-corrected chi connectivity index (χ1v) is 11.8. The minimum atomic E-state index is -0.0129. The number of piperazine rings is 1. The average Bonchev–Trinajstić information content (AvgIpc) is 2.77. The molecule has 1 heterocycles. The molecular formula is C26H36N2O3. The summed E-state index contributed by atoms with van der Waals surface area (Å²) in [6.07, 6.45) is 7.07. The molecule has 3 rings (SSSR count). The van der Waals surface area contributed by atoms with E-state index < -0.39 is 0 Å². The summed E-state index contributed by atoms with van der Waals surface area (Å²) >= 11 is 0. The van der Waals surface area contributed by atoms with Gasteiger partial charge in [-0.05, 0) is 44.2 Å². The topological polar surface area (TPSA) is 57.7 Å². The van der Waals surface area contributed by atoms with Gasteiger partial charge >= 0.3 is 0 Å². The van der Waals surface area contributed by atoms with Crippen LogP contribution in [-0.4, -0.2) is 60.0 Å². The van der Waals surface area contributed by atoms with Crippen LogP contribution in [0.2, 0.25) is 0 Å². The third-order valence-electron chi connectivity index (χ3n) is 6.51. The Hall–Kier alpha value is -2.27. The van der Waals surface area contributed by atoms with Crippen LogP contribution in [0.4, 0.5) is 0 Å². The number of unbranched alkanes of at least 4 members (excludes halogenated alkanes) is 2. The maximum atomic E-state index is 12.6. The fourth-order valence-corrected chi connectivity index (χ4v) is 4.47. The zero-order valence-electron chi connectivity index (χ0n) is 19.1. The van der Waals surface area contributed by atoms with E-state index in [2.05, 4.69) is 11.8 Å². The van der Waals surface area contributed by atoms with Crippen LogP contribution >= 0.6 is 0 Å². The number of hydrogen-bond acceptors (Lipinski definition) is 4. The van der Waals surface area contributed by atoms with E-state index in [0.717, 1.165) is 64.0 Å². The SMILES string of the molecule is CCCCC(=O)N1CCN(CCCC=C2C(=O)CC(c3ccc(C)cc3)CC2=O)CC1. The largest absolute Gasteiger partial charge is 0.340 e. The second-order valence-corrected chi connectivity index (χ2v) is 8.95. The Balaban J connectivity index is 1.40. The van der Waals surface area contributed by atoms with Gasteiger partial charge in [-0.1, -0.05) is 49.2 Å². The molecule has 1 saturated heterocycles. The molecule has 0 bridgehead atoms. The van der Waals surface area contributed by atoms with Crippen LogP contribution in [0.1, 0.15) is 68.9 Å². The third-order valence-corrected chi connectivity index (χ3v) is 6.51. The van der Waals surface area contributed by atoms with E-state index in [1.54, 1.807) is 0 Å². The van der Waals surface area contributed by atoms with Gasteiger partial charge in [0.25, 0.3) is 0 Å². The van der Waals surface area contributed by atoms with E-state index in [1.165, 1.54) is 5.56 Å². The lowest BCUT2D eigenvalue weighted by molar-refractivity contribution is -0.133. The quantitative estimate of drug-likeness (QED) is 0.359. The van der Waals surface area contributed by atoms with Crippen molar-refractivity contribution in [2.24, 2.45) is 0 Å². The van der Waals surface area contributed by atoms with E-state index in [0.29, 0.717) is 24.8 Å². The van der Waals surface area contributed by atoms with Crippen molar-refractivity contribution >= 4 is 17.5 Å². The van der Waals surface area contributed by atoms with Crippen molar-refractivity contribution in [3.63, 3.8) is 0 Å². The van der Waals surface area contributed by atoms with E-state index in [4.69, 9.17) is 0 Å². The van der Waals surface area contributed by atoms with Gasteiger partial charge in [-0.3, -0.25) is 19.3 Å². The summed E-state index contributed by atoms with van der Waals surface area (Å²) in [6, 6.07) is 8.14. The molecule has 0 atom stereocenters. The Morgan fingerprint density at radius 1 is 1.00 bits per heavy atom. The maximum Gasteiger partial charge on any atom is 0.222 e. The highest BCUT2D eigenvalue weighted by molar-refractivity contribution is 6.22. The number of allylic oxidation sites excluding steroid dienone is 2. The molecule has 1 saturated carbocycles. The number of hydrogen-bond donors (Lipinski definition) is 0. The lowest BCUT2D eigenvalue weighted by Crippen LogP contribution is -2.48. The number of aryl methyl sites for hydroxylation is 1. The number of Topliss-reactive ketones (excluding diaryl/α,β-unsaturated/α-hetero) is 2. The maximum absolute atomic E-state index is 12.6. The Morgan fingerprint density at radius 2 is 1.65 bits per heavy atom. The van der Waals surface area contributed by atoms with E-state index in [1.807, 2.05) is 42.2 Å². The molecule has 1 aliphatic heterocycles. The molecule has 5 nitrogen and oxygen atoms in total. The summed E-state index contributed by atoms with van der Waals surface area (Å²) in [4.78, 5) is 41.7. The van der Waals surface area contributed by atoms with Crippen LogP contribution in [0.5, 0.6) is 0 Å². The zero-order chi connectivity index (χ0) is 22.2. The third kappa shape index (κ3) is 6.60. The standard InChI is InChI=1S/C26H36N2O3/c1-3-4-8-26(31)28-16-14-27(15-17-28)13-6-5-7-23-24(29)18-22(19-25(23)30)21-11-9-20(2)10-12-21/h7,9-12,22H,3-6,8,13-19H2,1-2H3. The second-order valence-electron chi connectivity index (χ2n) is 8.95. The number of carbonyl (C=O) groups excluding carboxylic acids is 3. The molecule has 1 aromatic rings. The number of nitrogens with zero attached hydrogens (tertiary/aromatic N) is 2. The smallest absolute Gasteiger partial charge is 0.222 e. The van der Waals surface area contributed by atoms with E-state index >= 15 is 0 Å². The lowest BCUT2D eigenvalue weighted by Gasteiger charge is -2.34. The Kier molecular flexibility index (Phi) is 8.59. The number of ketones is 2. The van der Waals surface area contributed by atoms with Crippen LogP contribution in [0, 0.1) is 6.92 Å². The van der Waals surface area contributed by atoms with Crippen LogP contribution in [0.25, 0.3) is 0 Å². The molecule has 1 amide bonds. The van der Waals surface area contributed by atoms with Gasteiger partial charge in [0.1, 0.15) is 0 Å². The monoisotopic (exact) mass is 424 g/mol. The number of benzene rings is 1. The second kappa shape index (κ2) is 11.4. The minimum Gasteiger partial charge on any atom is -0.340 e. The summed E-state index contributed by atoms with van der Waals surface area (Å²) in [5.74, 6) is 0.264. The van der Waals surface area contributed by atoms with Crippen molar-refractivity contribution in [2.45, 2.75) is 64.7 Å². The first-order valence-electron chi connectivity index (χ1n) is 11.8. The van der Waals surface area contributed by atoms with Gasteiger partial charge in [-0.25, -0.2) is 0 Å². The van der Waals surface area contributed by atoms with Crippen molar-refractivity contribution in [3.05, 3.63) is 47.0 Å². The Morgan fingerprint density at radius 3 is 2.26 bits per heavy atom. The van der Waals surface area contributed by atoms with Crippen molar-refractivity contribution in [1.29, 1.82) is 0 Å². The number of amides is 1. The normalized spacial score (nSPS) is 20.3. The van der Waals surface area contributed by atoms with Gasteiger partial charge in [0.2, 0.25) is 5.91 Å². The first kappa shape index (κ1) is 23.4. The molecule has 5 heteroatoms. The van der Waals surface area contributed by atoms with Crippen molar-refractivity contribution in [3.8, 4) is 0 Å². The molecule has 0 N–H and O–H groups in total. The predicted molar refractivity (Wildman–Crippen MR) is 123 cm³/mol. The van der Waals surface area contributed by atoms with Gasteiger partial charge < -0.3 is 4.90 Å². The Labute approximate surface area is 186 Å². The lowest BCUT2D eigenvalue weighted by atomic mass is 9.79. The average molecular weight is 425 g/mol. The fourth-order valence-electron chi connectivity index (χ4n) is 4.47. The number of carbonyl (C=O) groups is 3. The summed E-state index contributed by atoms with van der Waals surface area (Å²) in [6.45, 7) is 8.51. The van der Waals surface area contributed by atoms with Crippen LogP contribution < -0.4 is 0 Å². The molecule has 0 spiro atoms. The molecule has 1 aliphatic carbocycles. The molecule has 0 aromatic heterocycles. The zero-order valence-corrected chi connectivity index (χ0v) is 19.1. The van der Waals surface area contributed by atoms with E-state index in [9.17, 15) is 14.4 Å². The molecule has 168 valence electrons. The summed E-state index contributed by atoms with van der Waals surface area (Å²) in [5.41, 5.74) is 2.68. The van der Waals surface area contributed by atoms with Crippen molar-refractivity contribution in [2.75, 3.05) is 32.7 Å². The van der Waals surface area contributed by atoms with E-state index in [-0.39, 0.29) is 23.4 Å². The van der Waals surface area contributed by atoms with Gasteiger partial charge in [-0.2, -0.15) is 0 Å².